The van der Waals surface area contributed by atoms with Crippen LogP contribution in [0.15, 0.2) is 175 Å². The minimum Gasteiger partial charge on any atom is -0.402 e. The van der Waals surface area contributed by atoms with Crippen LogP contribution in [0, 0.1) is 11.8 Å². The quantitative estimate of drug-likeness (QED) is 0.122. The number of benzene rings is 5. The van der Waals surface area contributed by atoms with E-state index in [4.69, 9.17) is 4.65 Å². The molecule has 3 atom stereocenters. The summed E-state index contributed by atoms with van der Waals surface area (Å²) in [5.41, 5.74) is 2.93. The van der Waals surface area contributed by atoms with Crippen molar-refractivity contribution >= 4 is 31.0 Å². The first-order valence-electron chi connectivity index (χ1n) is 16.5. The van der Waals surface area contributed by atoms with Gasteiger partial charge in [-0.25, -0.2) is 0 Å². The predicted octanol–water partition coefficient (Wildman–Crippen LogP) is 8.27. The van der Waals surface area contributed by atoms with Gasteiger partial charge in [-0.3, -0.25) is 0 Å². The molecule has 2 nitrogen and oxygen atoms in total. The van der Waals surface area contributed by atoms with Crippen molar-refractivity contribution in [3.63, 3.8) is 0 Å². The Kier molecular flexibility index (Phi) is 8.91. The molecule has 0 amide bonds. The third-order valence-corrected chi connectivity index (χ3v) is 12.2. The summed E-state index contributed by atoms with van der Waals surface area (Å²) in [4.78, 5) is 2.72. The van der Waals surface area contributed by atoms with Gasteiger partial charge in [-0.05, 0) is 53.3 Å². The topological polar surface area (TPSA) is 12.5 Å². The Hall–Kier alpha value is -4.01. The molecule has 1 aliphatic carbocycles. The van der Waals surface area contributed by atoms with E-state index in [1.165, 1.54) is 32.5 Å². The highest BCUT2D eigenvalue weighted by Gasteiger charge is 2.60. The lowest BCUT2D eigenvalue weighted by molar-refractivity contribution is 0.0638. The Morgan fingerprint density at radius 2 is 1.09 bits per heavy atom. The molecule has 1 heterocycles. The van der Waals surface area contributed by atoms with Crippen LogP contribution in [0.4, 0.5) is 0 Å². The maximum absolute atomic E-state index is 7.63. The highest BCUT2D eigenvalue weighted by molar-refractivity contribution is 7.76. The van der Waals surface area contributed by atoms with Crippen molar-refractivity contribution in [2.75, 3.05) is 0 Å². The highest BCUT2D eigenvalue weighted by atomic mass is 31.1. The van der Waals surface area contributed by atoms with Crippen molar-refractivity contribution in [3.05, 3.63) is 186 Å². The fourth-order valence-corrected chi connectivity index (χ4v) is 10.4. The molecule has 0 aromatic heterocycles. The minimum atomic E-state index is -0.717. The van der Waals surface area contributed by atoms with Crippen molar-refractivity contribution in [1.29, 1.82) is 0 Å². The highest BCUT2D eigenvalue weighted by Crippen LogP contribution is 2.54. The Morgan fingerprint density at radius 3 is 1.57 bits per heavy atom. The summed E-state index contributed by atoms with van der Waals surface area (Å²) in [5.74, 6) is 0.532. The molecule has 2 aliphatic rings. The van der Waals surface area contributed by atoms with Gasteiger partial charge in [-0.1, -0.05) is 184 Å². The van der Waals surface area contributed by atoms with E-state index >= 15 is 0 Å². The summed E-state index contributed by atoms with van der Waals surface area (Å²) in [7, 11) is -0.940. The largest absolute Gasteiger partial charge is 0.420 e. The lowest BCUT2D eigenvalue weighted by Crippen LogP contribution is -2.56. The zero-order valence-electron chi connectivity index (χ0n) is 26.9. The van der Waals surface area contributed by atoms with Gasteiger partial charge < -0.3 is 9.47 Å². The number of hydrogen-bond donors (Lipinski definition) is 0. The SMILES string of the molecule is CC(C)[C@@H]1N([C@H](C)[C@@H]2C=CC=C2P(c2ccccc2)c2ccccc2)B(c2ccccc2)OC1(c1ccccc1)c1ccccc1. The van der Waals surface area contributed by atoms with E-state index in [1.807, 2.05) is 0 Å². The van der Waals surface area contributed by atoms with Gasteiger partial charge in [0.25, 0.3) is 0 Å². The van der Waals surface area contributed by atoms with Gasteiger partial charge in [0.2, 0.25) is 0 Å². The second kappa shape index (κ2) is 13.4. The molecule has 1 fully saturated rings. The molecule has 0 radical (unpaired) electrons. The zero-order valence-corrected chi connectivity index (χ0v) is 27.7. The summed E-state index contributed by atoms with van der Waals surface area (Å²) in [6, 6.07) is 55.1. The van der Waals surface area contributed by atoms with E-state index in [1.54, 1.807) is 0 Å². The summed E-state index contributed by atoms with van der Waals surface area (Å²) in [5, 5.41) is 4.26. The number of allylic oxidation sites excluding steroid dienone is 2. The lowest BCUT2D eigenvalue weighted by atomic mass is 9.68. The van der Waals surface area contributed by atoms with Gasteiger partial charge in [-0.2, -0.15) is 0 Å². The zero-order chi connectivity index (χ0) is 31.5. The maximum atomic E-state index is 7.63. The molecule has 46 heavy (non-hydrogen) atoms. The van der Waals surface area contributed by atoms with Gasteiger partial charge in [0.1, 0.15) is 5.60 Å². The fourth-order valence-electron chi connectivity index (χ4n) is 7.72. The summed E-state index contributed by atoms with van der Waals surface area (Å²) in [6.07, 6.45) is 7.12. The van der Waals surface area contributed by atoms with Crippen LogP contribution >= 0.6 is 7.92 Å². The first-order chi connectivity index (χ1) is 22.6. The lowest BCUT2D eigenvalue weighted by Gasteiger charge is -2.44. The minimum absolute atomic E-state index is 0.0763. The van der Waals surface area contributed by atoms with E-state index in [2.05, 4.69) is 195 Å². The van der Waals surface area contributed by atoms with Crippen molar-refractivity contribution < 1.29 is 4.65 Å². The first-order valence-corrected chi connectivity index (χ1v) is 17.8. The number of nitrogens with zero attached hydrogens (tertiary/aromatic N) is 1. The third kappa shape index (κ3) is 5.52. The van der Waals surface area contributed by atoms with Crippen LogP contribution in [-0.4, -0.2) is 23.9 Å². The smallest absolute Gasteiger partial charge is 0.402 e. The van der Waals surface area contributed by atoms with Gasteiger partial charge in [0.15, 0.2) is 0 Å². The van der Waals surface area contributed by atoms with Gasteiger partial charge in [0, 0.05) is 18.0 Å². The van der Waals surface area contributed by atoms with Gasteiger partial charge in [-0.15, -0.1) is 0 Å². The van der Waals surface area contributed by atoms with Crippen LogP contribution in [0.3, 0.4) is 0 Å². The molecule has 0 bridgehead atoms. The van der Waals surface area contributed by atoms with Crippen LogP contribution < -0.4 is 16.1 Å². The Morgan fingerprint density at radius 1 is 0.630 bits per heavy atom. The summed E-state index contributed by atoms with van der Waals surface area (Å²) >= 11 is 0. The molecule has 5 aromatic carbocycles. The van der Waals surface area contributed by atoms with Crippen LogP contribution in [0.2, 0.25) is 0 Å². The summed E-state index contributed by atoms with van der Waals surface area (Å²) < 4.78 is 7.63. The van der Waals surface area contributed by atoms with Gasteiger partial charge >= 0.3 is 7.05 Å². The van der Waals surface area contributed by atoms with Gasteiger partial charge in [0.05, 0.1) is 0 Å². The normalized spacial score (nSPS) is 19.9. The molecular weight excluding hydrogens is 576 g/mol. The molecule has 4 heteroatoms. The van der Waals surface area contributed by atoms with Crippen molar-refractivity contribution in [1.82, 2.24) is 4.81 Å². The Labute approximate surface area is 276 Å². The van der Waals surface area contributed by atoms with Crippen LogP contribution in [0.25, 0.3) is 0 Å². The number of rotatable bonds is 9. The van der Waals surface area contributed by atoms with Crippen LogP contribution in [-0.2, 0) is 10.3 Å². The first kappa shape index (κ1) is 30.6. The molecule has 228 valence electrons. The summed E-state index contributed by atoms with van der Waals surface area (Å²) in [6.45, 7) is 7.16. The van der Waals surface area contributed by atoms with Crippen molar-refractivity contribution in [2.24, 2.45) is 11.8 Å². The second-order valence-corrected chi connectivity index (χ2v) is 15.0. The number of hydrogen-bond acceptors (Lipinski definition) is 2. The van der Waals surface area contributed by atoms with E-state index in [0.717, 1.165) is 0 Å². The van der Waals surface area contributed by atoms with Crippen LogP contribution in [0.1, 0.15) is 31.9 Å². The van der Waals surface area contributed by atoms with Crippen LogP contribution in [0.5, 0.6) is 0 Å². The van der Waals surface area contributed by atoms with E-state index in [0.29, 0.717) is 5.92 Å². The monoisotopic (exact) mass is 617 g/mol. The predicted molar refractivity (Wildman–Crippen MR) is 196 cm³/mol. The molecule has 0 saturated carbocycles. The molecular formula is C42H41BNOP. The maximum Gasteiger partial charge on any atom is 0.420 e. The average Bonchev–Trinajstić information content (AvgIpc) is 3.75. The second-order valence-electron chi connectivity index (χ2n) is 12.7. The fraction of sp³-hybridized carbons (Fsp3) is 0.190. The molecule has 5 aromatic rings. The molecule has 1 saturated heterocycles. The average molecular weight is 618 g/mol. The third-order valence-electron chi connectivity index (χ3n) is 9.63. The molecule has 0 spiro atoms. The van der Waals surface area contributed by atoms with E-state index in [-0.39, 0.29) is 25.1 Å². The standard InChI is InChI=1S/C42H41BNOP/c1-32(2)41-42(34-20-9-4-10-21-34,35-22-11-5-12-23-35)45-43(36-24-13-6-14-25-36)44(41)33(3)39-30-19-31-40(39)46(37-26-15-7-16-27-37)38-28-17-8-18-29-38/h4-33,39,41H,1-3H3/t33-,39+,41+/m1/s1. The Balaban J connectivity index is 1.39. The molecule has 0 N–H and O–H groups in total. The Bertz CT molecular complexity index is 1700. The van der Waals surface area contributed by atoms with E-state index < -0.39 is 13.5 Å². The molecule has 7 rings (SSSR count). The molecule has 1 aliphatic heterocycles. The molecule has 0 unspecified atom stereocenters. The van der Waals surface area contributed by atoms with Crippen molar-refractivity contribution in [3.8, 4) is 0 Å². The van der Waals surface area contributed by atoms with E-state index in [9.17, 15) is 0 Å². The van der Waals surface area contributed by atoms with Crippen molar-refractivity contribution in [2.45, 2.75) is 38.5 Å².